The number of esters is 1. The lowest BCUT2D eigenvalue weighted by Crippen LogP contribution is -2.09. The van der Waals surface area contributed by atoms with Gasteiger partial charge in [-0.2, -0.15) is 0 Å². The van der Waals surface area contributed by atoms with Gasteiger partial charge in [-0.05, 0) is 61.2 Å². The highest BCUT2D eigenvalue weighted by molar-refractivity contribution is 5.91. The van der Waals surface area contributed by atoms with Crippen LogP contribution in [0.4, 0.5) is 0 Å². The van der Waals surface area contributed by atoms with Crippen molar-refractivity contribution in [1.29, 1.82) is 0 Å². The fourth-order valence-corrected chi connectivity index (χ4v) is 2.45. The second-order valence-electron chi connectivity index (χ2n) is 6.83. The SMILES string of the molecule is C=CCCCOc1ccc(C(=O)Oc2ccc(OC[C@@H](C)CC)cc2)cc1OC. The normalized spacial score (nSPS) is 11.4. The van der Waals surface area contributed by atoms with Crippen molar-refractivity contribution in [2.75, 3.05) is 20.3 Å². The lowest BCUT2D eigenvalue weighted by atomic mass is 10.1. The van der Waals surface area contributed by atoms with E-state index in [4.69, 9.17) is 18.9 Å². The Labute approximate surface area is 173 Å². The minimum absolute atomic E-state index is 0.386. The fraction of sp³-hybridized carbons (Fsp3) is 0.375. The van der Waals surface area contributed by atoms with Crippen LogP contribution >= 0.6 is 0 Å². The Kier molecular flexibility index (Phi) is 9.09. The van der Waals surface area contributed by atoms with E-state index in [1.54, 1.807) is 49.6 Å². The lowest BCUT2D eigenvalue weighted by Gasteiger charge is -2.12. The van der Waals surface area contributed by atoms with Gasteiger partial charge in [0, 0.05) is 0 Å². The van der Waals surface area contributed by atoms with Crippen LogP contribution in [0.1, 0.15) is 43.5 Å². The highest BCUT2D eigenvalue weighted by atomic mass is 16.5. The maximum Gasteiger partial charge on any atom is 0.343 e. The van der Waals surface area contributed by atoms with Crippen molar-refractivity contribution in [1.82, 2.24) is 0 Å². The maximum absolute atomic E-state index is 12.5. The third-order valence-corrected chi connectivity index (χ3v) is 4.48. The van der Waals surface area contributed by atoms with Crippen molar-refractivity contribution < 1.29 is 23.7 Å². The van der Waals surface area contributed by atoms with Crippen LogP contribution in [0.2, 0.25) is 0 Å². The molecule has 29 heavy (non-hydrogen) atoms. The predicted molar refractivity (Wildman–Crippen MR) is 114 cm³/mol. The molecule has 156 valence electrons. The minimum Gasteiger partial charge on any atom is -0.493 e. The monoisotopic (exact) mass is 398 g/mol. The van der Waals surface area contributed by atoms with Gasteiger partial charge in [0.2, 0.25) is 0 Å². The van der Waals surface area contributed by atoms with E-state index >= 15 is 0 Å². The molecule has 0 heterocycles. The van der Waals surface area contributed by atoms with Gasteiger partial charge in [0.15, 0.2) is 11.5 Å². The van der Waals surface area contributed by atoms with E-state index in [0.717, 1.165) is 25.0 Å². The Morgan fingerprint density at radius 2 is 1.79 bits per heavy atom. The maximum atomic E-state index is 12.5. The number of allylic oxidation sites excluding steroid dienone is 1. The van der Waals surface area contributed by atoms with Gasteiger partial charge in [0.1, 0.15) is 11.5 Å². The number of ether oxygens (including phenoxy) is 4. The zero-order valence-corrected chi connectivity index (χ0v) is 17.5. The molecule has 0 aliphatic heterocycles. The predicted octanol–water partition coefficient (Wildman–Crippen LogP) is 5.68. The number of carbonyl (C=O) groups is 1. The van der Waals surface area contributed by atoms with E-state index < -0.39 is 5.97 Å². The van der Waals surface area contributed by atoms with Gasteiger partial charge in [-0.1, -0.05) is 26.3 Å². The first-order valence-corrected chi connectivity index (χ1v) is 9.94. The molecule has 0 saturated heterocycles. The van der Waals surface area contributed by atoms with Crippen molar-refractivity contribution in [3.8, 4) is 23.0 Å². The zero-order valence-electron chi connectivity index (χ0n) is 17.5. The summed E-state index contributed by atoms with van der Waals surface area (Å²) in [7, 11) is 1.54. The summed E-state index contributed by atoms with van der Waals surface area (Å²) in [4.78, 5) is 12.5. The highest BCUT2D eigenvalue weighted by Gasteiger charge is 2.13. The number of unbranched alkanes of at least 4 members (excludes halogenated alkanes) is 1. The molecule has 5 nitrogen and oxygen atoms in total. The molecule has 2 rings (SSSR count). The van der Waals surface area contributed by atoms with Crippen LogP contribution in [0.25, 0.3) is 0 Å². The number of hydrogen-bond donors (Lipinski definition) is 0. The molecule has 1 atom stereocenters. The Morgan fingerprint density at radius 3 is 2.45 bits per heavy atom. The molecule has 0 amide bonds. The smallest absolute Gasteiger partial charge is 0.343 e. The fourth-order valence-electron chi connectivity index (χ4n) is 2.45. The summed E-state index contributed by atoms with van der Waals surface area (Å²) in [5.41, 5.74) is 0.386. The summed E-state index contributed by atoms with van der Waals surface area (Å²) in [5.74, 6) is 2.33. The number of hydrogen-bond acceptors (Lipinski definition) is 5. The first-order valence-electron chi connectivity index (χ1n) is 9.94. The Balaban J connectivity index is 1.96. The molecular formula is C24H30O5. The zero-order chi connectivity index (χ0) is 21.1. The van der Waals surface area contributed by atoms with Gasteiger partial charge in [0.05, 0.1) is 25.9 Å². The molecule has 2 aromatic rings. The van der Waals surface area contributed by atoms with Crippen LogP contribution in [0.5, 0.6) is 23.0 Å². The third kappa shape index (κ3) is 7.18. The average molecular weight is 398 g/mol. The minimum atomic E-state index is -0.463. The molecule has 0 saturated carbocycles. The quantitative estimate of drug-likeness (QED) is 0.199. The summed E-state index contributed by atoms with van der Waals surface area (Å²) >= 11 is 0. The molecule has 5 heteroatoms. The molecule has 0 N–H and O–H groups in total. The van der Waals surface area contributed by atoms with Crippen LogP contribution in [0, 0.1) is 5.92 Å². The molecule has 0 radical (unpaired) electrons. The molecule has 0 aromatic heterocycles. The van der Waals surface area contributed by atoms with Crippen LogP contribution < -0.4 is 18.9 Å². The van der Waals surface area contributed by atoms with Crippen molar-refractivity contribution in [2.24, 2.45) is 5.92 Å². The molecule has 0 aliphatic carbocycles. The summed E-state index contributed by atoms with van der Waals surface area (Å²) in [5, 5.41) is 0. The third-order valence-electron chi connectivity index (χ3n) is 4.48. The van der Waals surface area contributed by atoms with Crippen LogP contribution in [-0.4, -0.2) is 26.3 Å². The van der Waals surface area contributed by atoms with Crippen LogP contribution in [0.3, 0.4) is 0 Å². The van der Waals surface area contributed by atoms with Crippen molar-refractivity contribution in [3.05, 3.63) is 60.7 Å². The van der Waals surface area contributed by atoms with Crippen molar-refractivity contribution in [2.45, 2.75) is 33.1 Å². The average Bonchev–Trinajstić information content (AvgIpc) is 2.75. The van der Waals surface area contributed by atoms with Crippen molar-refractivity contribution >= 4 is 5.97 Å². The van der Waals surface area contributed by atoms with E-state index in [9.17, 15) is 4.79 Å². The van der Waals surface area contributed by atoms with Gasteiger partial charge in [-0.25, -0.2) is 4.79 Å². The molecule has 0 spiro atoms. The largest absolute Gasteiger partial charge is 0.493 e. The van der Waals surface area contributed by atoms with E-state index in [-0.39, 0.29) is 0 Å². The number of methoxy groups -OCH3 is 1. The molecule has 0 unspecified atom stereocenters. The Hall–Kier alpha value is -2.95. The Morgan fingerprint density at radius 1 is 1.07 bits per heavy atom. The molecule has 2 aromatic carbocycles. The van der Waals surface area contributed by atoms with Crippen LogP contribution in [0.15, 0.2) is 55.1 Å². The van der Waals surface area contributed by atoms with Gasteiger partial charge in [0.25, 0.3) is 0 Å². The summed E-state index contributed by atoms with van der Waals surface area (Å²) < 4.78 is 22.2. The summed E-state index contributed by atoms with van der Waals surface area (Å²) in [6, 6.07) is 12.0. The molecule has 0 aliphatic rings. The van der Waals surface area contributed by atoms with Gasteiger partial charge >= 0.3 is 5.97 Å². The number of benzene rings is 2. The summed E-state index contributed by atoms with van der Waals surface area (Å²) in [6.07, 6.45) is 4.67. The van der Waals surface area contributed by atoms with E-state index in [2.05, 4.69) is 20.4 Å². The second-order valence-corrected chi connectivity index (χ2v) is 6.83. The number of rotatable bonds is 12. The van der Waals surface area contributed by atoms with Gasteiger partial charge < -0.3 is 18.9 Å². The van der Waals surface area contributed by atoms with E-state index in [1.807, 2.05) is 6.08 Å². The van der Waals surface area contributed by atoms with Gasteiger partial charge in [-0.15, -0.1) is 6.58 Å². The lowest BCUT2D eigenvalue weighted by molar-refractivity contribution is 0.0734. The molecule has 0 fully saturated rings. The molecule has 0 bridgehead atoms. The second kappa shape index (κ2) is 11.8. The first-order chi connectivity index (χ1) is 14.1. The standard InChI is InChI=1S/C24H30O5/c1-5-7-8-15-27-22-14-9-19(16-23(22)26-4)24(25)29-21-12-10-20(11-13-21)28-17-18(3)6-2/h5,9-14,16,18H,1,6-8,15,17H2,2-4H3/t18-/m0/s1. The first kappa shape index (κ1) is 22.3. The van der Waals surface area contributed by atoms with Crippen molar-refractivity contribution in [3.63, 3.8) is 0 Å². The Bertz CT molecular complexity index is 782. The topological polar surface area (TPSA) is 54.0 Å². The van der Waals surface area contributed by atoms with Gasteiger partial charge in [-0.3, -0.25) is 0 Å². The molecular weight excluding hydrogens is 368 g/mol. The summed E-state index contributed by atoms with van der Waals surface area (Å²) in [6.45, 7) is 9.18. The number of carbonyl (C=O) groups excluding carboxylic acids is 1. The van der Waals surface area contributed by atoms with E-state index in [0.29, 0.717) is 41.9 Å². The van der Waals surface area contributed by atoms with E-state index in [1.165, 1.54) is 0 Å². The van der Waals surface area contributed by atoms with Crippen LogP contribution in [-0.2, 0) is 0 Å². The highest BCUT2D eigenvalue weighted by Crippen LogP contribution is 2.29.